The van der Waals surface area contributed by atoms with Gasteiger partial charge in [-0.15, -0.1) is 11.3 Å². The van der Waals surface area contributed by atoms with E-state index in [9.17, 15) is 9.59 Å². The zero-order valence-electron chi connectivity index (χ0n) is 18.0. The average molecular weight is 420 g/mol. The summed E-state index contributed by atoms with van der Waals surface area (Å²) < 4.78 is 0. The van der Waals surface area contributed by atoms with Gasteiger partial charge in [-0.25, -0.2) is 4.98 Å². The Balaban J connectivity index is 0.000000272. The van der Waals surface area contributed by atoms with Crippen LogP contribution in [-0.2, 0) is 16.1 Å². The van der Waals surface area contributed by atoms with Crippen molar-refractivity contribution in [1.82, 2.24) is 15.2 Å². The molecular weight excluding hydrogens is 386 g/mol. The number of hydrogen-bond donors (Lipinski definition) is 2. The van der Waals surface area contributed by atoms with Gasteiger partial charge in [-0.2, -0.15) is 0 Å². The van der Waals surface area contributed by atoms with E-state index in [0.717, 1.165) is 30.1 Å². The van der Waals surface area contributed by atoms with E-state index >= 15 is 0 Å². The molecule has 6 nitrogen and oxygen atoms in total. The Morgan fingerprint density at radius 1 is 1.34 bits per heavy atom. The second-order valence-electron chi connectivity index (χ2n) is 7.60. The summed E-state index contributed by atoms with van der Waals surface area (Å²) in [6.45, 7) is 11.9. The summed E-state index contributed by atoms with van der Waals surface area (Å²) >= 11 is 1.64. The highest BCUT2D eigenvalue weighted by Crippen LogP contribution is 2.27. The molecule has 0 spiro atoms. The Kier molecular flexibility index (Phi) is 11.2. The van der Waals surface area contributed by atoms with Gasteiger partial charge in [0, 0.05) is 26.6 Å². The van der Waals surface area contributed by atoms with Crippen molar-refractivity contribution in [3.8, 4) is 10.4 Å². The Hall–Kier alpha value is -2.25. The first-order valence-electron chi connectivity index (χ1n) is 9.84. The van der Waals surface area contributed by atoms with Gasteiger partial charge in [0.15, 0.2) is 0 Å². The number of nitrogens with one attached hydrogen (secondary N) is 1. The molecular formula is C22H33N3O3S. The number of carbonyl (C=O) groups excluding carboxylic acids is 2. The number of amides is 2. The fourth-order valence-electron chi connectivity index (χ4n) is 2.54. The molecule has 1 aliphatic heterocycles. The third-order valence-electron chi connectivity index (χ3n) is 3.96. The predicted octanol–water partition coefficient (Wildman–Crippen LogP) is 3.63. The van der Waals surface area contributed by atoms with Crippen molar-refractivity contribution in [2.75, 3.05) is 13.1 Å². The number of aliphatic hydroxyl groups is 1. The summed E-state index contributed by atoms with van der Waals surface area (Å²) in [5.74, 6) is 0.895. The minimum absolute atomic E-state index is 0.0616. The van der Waals surface area contributed by atoms with E-state index in [2.05, 4.69) is 43.2 Å². The van der Waals surface area contributed by atoms with E-state index in [-0.39, 0.29) is 12.0 Å². The fourth-order valence-corrected chi connectivity index (χ4v) is 3.35. The number of nitrogens with zero attached hydrogens (tertiary/aromatic N) is 2. The van der Waals surface area contributed by atoms with Gasteiger partial charge < -0.3 is 15.3 Å². The second-order valence-corrected chi connectivity index (χ2v) is 8.46. The van der Waals surface area contributed by atoms with Crippen LogP contribution in [0.5, 0.6) is 0 Å². The lowest BCUT2D eigenvalue weighted by molar-refractivity contribution is -0.128. The maximum Gasteiger partial charge on any atom is 0.219 e. The molecule has 2 N–H and O–H groups in total. The molecule has 0 saturated carbocycles. The molecule has 29 heavy (non-hydrogen) atoms. The minimum atomic E-state index is -0.283. The van der Waals surface area contributed by atoms with Crippen molar-refractivity contribution in [3.05, 3.63) is 41.0 Å². The summed E-state index contributed by atoms with van der Waals surface area (Å²) in [6, 6.07) is 8.15. The van der Waals surface area contributed by atoms with Crippen LogP contribution in [0.1, 0.15) is 45.4 Å². The maximum atomic E-state index is 10.6. The quantitative estimate of drug-likeness (QED) is 0.742. The van der Waals surface area contributed by atoms with Crippen LogP contribution in [0, 0.1) is 12.8 Å². The minimum Gasteiger partial charge on any atom is -0.391 e. The molecule has 1 aliphatic rings. The molecule has 2 aromatic rings. The van der Waals surface area contributed by atoms with Crippen LogP contribution in [0.15, 0.2) is 29.8 Å². The number of aliphatic hydroxyl groups excluding tert-OH is 1. The zero-order valence-corrected chi connectivity index (χ0v) is 18.8. The monoisotopic (exact) mass is 419 g/mol. The van der Waals surface area contributed by atoms with Crippen LogP contribution in [0.3, 0.4) is 0 Å². The first-order chi connectivity index (χ1) is 13.7. The Morgan fingerprint density at radius 2 is 1.97 bits per heavy atom. The number of aromatic nitrogens is 1. The number of likely N-dealkylation sites (tertiary alicyclic amines) is 1. The van der Waals surface area contributed by atoms with Gasteiger partial charge in [0.2, 0.25) is 12.3 Å². The summed E-state index contributed by atoms with van der Waals surface area (Å²) in [7, 11) is 0. The molecule has 160 valence electrons. The lowest BCUT2D eigenvalue weighted by Gasteiger charge is -2.10. The molecule has 3 rings (SSSR count). The van der Waals surface area contributed by atoms with E-state index in [4.69, 9.17) is 5.11 Å². The molecule has 0 radical (unpaired) electrons. The first-order valence-corrected chi connectivity index (χ1v) is 10.7. The third kappa shape index (κ3) is 9.67. The molecule has 2 heterocycles. The number of aryl methyl sites for hydroxylation is 1. The molecule has 1 fully saturated rings. The second kappa shape index (κ2) is 13.1. The van der Waals surface area contributed by atoms with Crippen LogP contribution in [-0.4, -0.2) is 46.5 Å². The van der Waals surface area contributed by atoms with Crippen LogP contribution in [0.2, 0.25) is 0 Å². The zero-order chi connectivity index (χ0) is 21.8. The molecule has 7 heteroatoms. The van der Waals surface area contributed by atoms with Gasteiger partial charge in [-0.3, -0.25) is 9.59 Å². The van der Waals surface area contributed by atoms with Crippen molar-refractivity contribution < 1.29 is 14.7 Å². The van der Waals surface area contributed by atoms with Crippen LogP contribution >= 0.6 is 11.3 Å². The third-order valence-corrected chi connectivity index (χ3v) is 4.94. The van der Waals surface area contributed by atoms with E-state index in [1.54, 1.807) is 16.2 Å². The molecule has 1 aromatic heterocycles. The van der Waals surface area contributed by atoms with E-state index in [0.29, 0.717) is 19.5 Å². The van der Waals surface area contributed by atoms with Gasteiger partial charge in [0.25, 0.3) is 0 Å². The van der Waals surface area contributed by atoms with E-state index in [1.807, 2.05) is 24.6 Å². The Bertz CT molecular complexity index is 741. The summed E-state index contributed by atoms with van der Waals surface area (Å²) in [6.07, 6.45) is 1.16. The maximum absolute atomic E-state index is 10.6. The van der Waals surface area contributed by atoms with Gasteiger partial charge in [-0.1, -0.05) is 45.0 Å². The van der Waals surface area contributed by atoms with Gasteiger partial charge in [0.05, 0.1) is 22.2 Å². The normalized spacial score (nSPS) is 15.1. The van der Waals surface area contributed by atoms with Crippen molar-refractivity contribution in [2.45, 2.75) is 53.7 Å². The highest BCUT2D eigenvalue weighted by atomic mass is 32.1. The lowest BCUT2D eigenvalue weighted by atomic mass is 10.1. The number of thiazole rings is 1. The smallest absolute Gasteiger partial charge is 0.219 e. The number of rotatable bonds is 4. The van der Waals surface area contributed by atoms with Crippen molar-refractivity contribution in [3.63, 3.8) is 0 Å². The van der Waals surface area contributed by atoms with E-state index in [1.165, 1.54) is 17.4 Å². The standard InChI is InChI=1S/C12H12N2OS.C6H11NO2.C4H10/c1-9-12(16-8-14-9)11-4-2-10(3-5-11)6-13-7-15;1-5(8)7-3-2-6(9)4-7;1-4(2)3/h2-5,7-8H,6H2,1H3,(H,13,15);6,9H,2-4H2,1H3;4H,1-3H3. The van der Waals surface area contributed by atoms with Gasteiger partial charge >= 0.3 is 0 Å². The summed E-state index contributed by atoms with van der Waals surface area (Å²) in [5, 5.41) is 11.6. The fraction of sp³-hybridized carbons (Fsp3) is 0.500. The highest BCUT2D eigenvalue weighted by Gasteiger charge is 2.21. The largest absolute Gasteiger partial charge is 0.391 e. The molecule has 0 aliphatic carbocycles. The van der Waals surface area contributed by atoms with Gasteiger partial charge in [0.1, 0.15) is 0 Å². The highest BCUT2D eigenvalue weighted by molar-refractivity contribution is 7.13. The average Bonchev–Trinajstić information content (AvgIpc) is 3.29. The van der Waals surface area contributed by atoms with Crippen molar-refractivity contribution >= 4 is 23.7 Å². The van der Waals surface area contributed by atoms with Crippen LogP contribution in [0.25, 0.3) is 10.4 Å². The van der Waals surface area contributed by atoms with Crippen LogP contribution in [0.4, 0.5) is 0 Å². The topological polar surface area (TPSA) is 82.5 Å². The van der Waals surface area contributed by atoms with Crippen LogP contribution < -0.4 is 5.32 Å². The molecule has 1 unspecified atom stereocenters. The summed E-state index contributed by atoms with van der Waals surface area (Å²) in [5.41, 5.74) is 5.18. The predicted molar refractivity (Wildman–Crippen MR) is 119 cm³/mol. The Labute approximate surface area is 178 Å². The SMILES string of the molecule is CC(=O)N1CCC(O)C1.CC(C)C.Cc1ncsc1-c1ccc(CNC=O)cc1. The molecule has 1 atom stereocenters. The summed E-state index contributed by atoms with van der Waals surface area (Å²) in [4.78, 5) is 27.9. The molecule has 2 amide bonds. The number of hydrogen-bond acceptors (Lipinski definition) is 5. The van der Waals surface area contributed by atoms with Gasteiger partial charge in [-0.05, 0) is 30.4 Å². The number of carbonyl (C=O) groups is 2. The van der Waals surface area contributed by atoms with Crippen molar-refractivity contribution in [1.29, 1.82) is 0 Å². The Morgan fingerprint density at radius 3 is 2.34 bits per heavy atom. The lowest BCUT2D eigenvalue weighted by Crippen LogP contribution is -2.26. The molecule has 1 saturated heterocycles. The number of benzene rings is 1. The molecule has 1 aromatic carbocycles. The van der Waals surface area contributed by atoms with E-state index < -0.39 is 0 Å². The number of β-amino-alcohol motifs (C(OH)–C–C–N with tert-alkyl or cyclic N) is 1. The molecule has 0 bridgehead atoms. The van der Waals surface area contributed by atoms with Crippen molar-refractivity contribution in [2.24, 2.45) is 5.92 Å². The first kappa shape index (κ1) is 24.8.